The number of methoxy groups -OCH3 is 1. The summed E-state index contributed by atoms with van der Waals surface area (Å²) in [5.74, 6) is 1.90. The Kier molecular flexibility index (Phi) is 16.0. The SMILES string of the molecule is C=C=COOCCCCOc1ccc(OCOc2ccc(OC(=O)c3ccc(C(C)OCCOCCOC)cc3)cc2)cc1. The minimum atomic E-state index is -0.457. The van der Waals surface area contributed by atoms with Crippen molar-refractivity contribution in [3.8, 4) is 23.0 Å². The van der Waals surface area contributed by atoms with E-state index in [1.54, 1.807) is 55.6 Å². The van der Waals surface area contributed by atoms with Gasteiger partial charge in [0.2, 0.25) is 6.79 Å². The molecule has 10 nitrogen and oxygen atoms in total. The maximum absolute atomic E-state index is 12.6. The van der Waals surface area contributed by atoms with Gasteiger partial charge in [0, 0.05) is 7.11 Å². The Morgan fingerprint density at radius 3 is 1.98 bits per heavy atom. The van der Waals surface area contributed by atoms with Gasteiger partial charge in [0.25, 0.3) is 0 Å². The molecule has 0 N–H and O–H groups in total. The summed E-state index contributed by atoms with van der Waals surface area (Å²) in [6.45, 7) is 8.40. The molecule has 0 saturated carbocycles. The largest absolute Gasteiger partial charge is 0.494 e. The maximum atomic E-state index is 12.6. The normalized spacial score (nSPS) is 11.2. The van der Waals surface area contributed by atoms with Crippen molar-refractivity contribution in [3.63, 3.8) is 0 Å². The molecule has 44 heavy (non-hydrogen) atoms. The first-order valence-corrected chi connectivity index (χ1v) is 14.3. The number of carbonyl (C=O) groups excluding carboxylic acids is 1. The summed E-state index contributed by atoms with van der Waals surface area (Å²) in [5, 5.41) is 0. The molecule has 0 aliphatic carbocycles. The molecule has 0 spiro atoms. The highest BCUT2D eigenvalue weighted by Crippen LogP contribution is 2.22. The Morgan fingerprint density at radius 1 is 0.750 bits per heavy atom. The second-order valence-electron chi connectivity index (χ2n) is 9.27. The molecule has 1 unspecified atom stereocenters. The molecule has 0 saturated heterocycles. The van der Waals surface area contributed by atoms with Crippen LogP contribution in [-0.2, 0) is 24.0 Å². The van der Waals surface area contributed by atoms with Gasteiger partial charge in [-0.15, -0.1) is 0 Å². The lowest BCUT2D eigenvalue weighted by Crippen LogP contribution is -2.11. The molecule has 3 aromatic carbocycles. The summed E-state index contributed by atoms with van der Waals surface area (Å²) < 4.78 is 38.6. The van der Waals surface area contributed by atoms with Crippen LogP contribution in [0.1, 0.15) is 41.8 Å². The first-order valence-electron chi connectivity index (χ1n) is 14.3. The summed E-state index contributed by atoms with van der Waals surface area (Å²) in [4.78, 5) is 22.2. The molecule has 10 heteroatoms. The fourth-order valence-corrected chi connectivity index (χ4v) is 3.65. The van der Waals surface area contributed by atoms with Gasteiger partial charge in [-0.05, 0) is 86.0 Å². The lowest BCUT2D eigenvalue weighted by Gasteiger charge is -2.14. The number of benzene rings is 3. The first kappa shape index (κ1) is 34.2. The van der Waals surface area contributed by atoms with Gasteiger partial charge < -0.3 is 38.0 Å². The number of rotatable bonds is 22. The van der Waals surface area contributed by atoms with Crippen molar-refractivity contribution in [2.24, 2.45) is 0 Å². The van der Waals surface area contributed by atoms with Gasteiger partial charge in [0.1, 0.15) is 23.0 Å². The van der Waals surface area contributed by atoms with Crippen LogP contribution in [0.15, 0.2) is 91.4 Å². The fraction of sp³-hybridized carbons (Fsp3) is 0.353. The Hall–Kier alpha value is -4.31. The van der Waals surface area contributed by atoms with Crippen LogP contribution in [0.2, 0.25) is 0 Å². The van der Waals surface area contributed by atoms with Crippen LogP contribution in [0.5, 0.6) is 23.0 Å². The van der Waals surface area contributed by atoms with Gasteiger partial charge in [0.15, 0.2) is 6.26 Å². The highest BCUT2D eigenvalue weighted by atomic mass is 17.2. The average molecular weight is 609 g/mol. The Bertz CT molecular complexity index is 1250. The van der Waals surface area contributed by atoms with Crippen LogP contribution in [0, 0.1) is 0 Å². The summed E-state index contributed by atoms with van der Waals surface area (Å²) in [7, 11) is 1.63. The maximum Gasteiger partial charge on any atom is 0.343 e. The van der Waals surface area contributed by atoms with E-state index in [1.807, 2.05) is 31.2 Å². The molecule has 3 aromatic rings. The Balaban J connectivity index is 1.32. The third-order valence-electron chi connectivity index (χ3n) is 6.04. The molecule has 0 radical (unpaired) electrons. The minimum absolute atomic E-state index is 0.0117. The van der Waals surface area contributed by atoms with Gasteiger partial charge in [-0.2, -0.15) is 4.89 Å². The molecule has 0 aliphatic rings. The van der Waals surface area contributed by atoms with Gasteiger partial charge in [-0.3, -0.25) is 0 Å². The van der Waals surface area contributed by atoms with E-state index < -0.39 is 5.97 Å². The molecule has 0 aliphatic heterocycles. The first-order chi connectivity index (χ1) is 21.6. The van der Waals surface area contributed by atoms with Crippen LogP contribution in [0.25, 0.3) is 0 Å². The van der Waals surface area contributed by atoms with E-state index >= 15 is 0 Å². The summed E-state index contributed by atoms with van der Waals surface area (Å²) in [5.41, 5.74) is 3.84. The van der Waals surface area contributed by atoms with E-state index in [2.05, 4.69) is 12.3 Å². The summed E-state index contributed by atoms with van der Waals surface area (Å²) in [6, 6.07) is 21.2. The number of hydrogen-bond donors (Lipinski definition) is 0. The van der Waals surface area contributed by atoms with Gasteiger partial charge >= 0.3 is 5.97 Å². The highest BCUT2D eigenvalue weighted by molar-refractivity contribution is 5.91. The zero-order valence-electron chi connectivity index (χ0n) is 25.2. The number of carbonyl (C=O) groups is 1. The molecule has 0 bridgehead atoms. The van der Waals surface area contributed by atoms with Crippen molar-refractivity contribution >= 4 is 5.97 Å². The lowest BCUT2D eigenvalue weighted by atomic mass is 10.1. The van der Waals surface area contributed by atoms with Gasteiger partial charge in [0.05, 0.1) is 51.3 Å². The number of unbranched alkanes of at least 4 members (excludes halogenated alkanes) is 1. The topological polar surface area (TPSA) is 100 Å². The molecule has 1 atom stereocenters. The molecule has 3 rings (SSSR count). The lowest BCUT2D eigenvalue weighted by molar-refractivity contribution is -0.249. The standard InChI is InChI=1S/C34H40O10/c1-4-19-42-43-21-6-5-20-39-30-11-13-31(14-12-30)40-26-41-32-15-17-33(18-16-32)44-34(35)29-9-7-28(8-10-29)27(2)38-25-24-37-23-22-36-3/h7-19,27H,1,5-6,20-26H2,2-3H3. The minimum Gasteiger partial charge on any atom is -0.494 e. The van der Waals surface area contributed by atoms with Crippen molar-refractivity contribution in [3.05, 3.63) is 102 Å². The zero-order valence-corrected chi connectivity index (χ0v) is 25.2. The van der Waals surface area contributed by atoms with Crippen molar-refractivity contribution in [1.29, 1.82) is 0 Å². The average Bonchev–Trinajstić information content (AvgIpc) is 3.05. The van der Waals surface area contributed by atoms with E-state index in [-0.39, 0.29) is 12.9 Å². The predicted molar refractivity (Wildman–Crippen MR) is 163 cm³/mol. The molecular formula is C34H40O10. The van der Waals surface area contributed by atoms with Crippen molar-refractivity contribution in [2.45, 2.75) is 25.9 Å². The van der Waals surface area contributed by atoms with Gasteiger partial charge in [-0.1, -0.05) is 24.4 Å². The smallest absolute Gasteiger partial charge is 0.343 e. The molecular weight excluding hydrogens is 568 g/mol. The summed E-state index contributed by atoms with van der Waals surface area (Å²) in [6.07, 6.45) is 2.74. The van der Waals surface area contributed by atoms with E-state index in [1.165, 1.54) is 6.26 Å². The molecule has 0 fully saturated rings. The number of ether oxygens (including phenoxy) is 7. The van der Waals surface area contributed by atoms with Crippen LogP contribution in [0.3, 0.4) is 0 Å². The molecule has 0 aromatic heterocycles. The van der Waals surface area contributed by atoms with E-state index in [0.717, 1.165) is 24.2 Å². The number of hydrogen-bond acceptors (Lipinski definition) is 10. The molecule has 0 heterocycles. The Morgan fingerprint density at radius 2 is 1.34 bits per heavy atom. The van der Waals surface area contributed by atoms with Crippen LogP contribution in [-0.4, -0.2) is 59.5 Å². The third-order valence-corrected chi connectivity index (χ3v) is 6.04. The van der Waals surface area contributed by atoms with Gasteiger partial charge in [-0.25, -0.2) is 4.79 Å². The monoisotopic (exact) mass is 608 g/mol. The molecule has 236 valence electrons. The second kappa shape index (κ2) is 20.6. The van der Waals surface area contributed by atoms with Crippen molar-refractivity contribution < 1.29 is 47.7 Å². The van der Waals surface area contributed by atoms with E-state index in [4.69, 9.17) is 42.9 Å². The quantitative estimate of drug-likeness (QED) is 0.0184. The third kappa shape index (κ3) is 13.3. The van der Waals surface area contributed by atoms with Crippen LogP contribution >= 0.6 is 0 Å². The van der Waals surface area contributed by atoms with Crippen LogP contribution < -0.4 is 18.9 Å². The highest BCUT2D eigenvalue weighted by Gasteiger charge is 2.11. The van der Waals surface area contributed by atoms with Crippen LogP contribution in [0.4, 0.5) is 0 Å². The second-order valence-corrected chi connectivity index (χ2v) is 9.27. The predicted octanol–water partition coefficient (Wildman–Crippen LogP) is 6.47. The zero-order chi connectivity index (χ0) is 31.2. The van der Waals surface area contributed by atoms with Crippen molar-refractivity contribution in [2.75, 3.05) is 53.5 Å². The fourth-order valence-electron chi connectivity index (χ4n) is 3.65. The summed E-state index contributed by atoms with van der Waals surface area (Å²) >= 11 is 0. The molecule has 0 amide bonds. The number of esters is 1. The van der Waals surface area contributed by atoms with E-state index in [0.29, 0.717) is 62.5 Å². The van der Waals surface area contributed by atoms with Crippen molar-refractivity contribution in [1.82, 2.24) is 0 Å². The van der Waals surface area contributed by atoms with E-state index in [9.17, 15) is 4.79 Å². The Labute approximate surface area is 258 Å².